The minimum Gasteiger partial charge on any atom is -0.394 e. The van der Waals surface area contributed by atoms with E-state index in [9.17, 15) is 22.8 Å². The highest BCUT2D eigenvalue weighted by Gasteiger charge is 2.33. The number of nitrogens with one attached hydrogen (secondary N) is 2. The number of ether oxygens (including phenoxy) is 1. The summed E-state index contributed by atoms with van der Waals surface area (Å²) in [6.45, 7) is -0.0322. The largest absolute Gasteiger partial charge is 0.418 e. The fourth-order valence-corrected chi connectivity index (χ4v) is 1.50. The van der Waals surface area contributed by atoms with Crippen LogP contribution in [0.1, 0.15) is 5.56 Å². The maximum Gasteiger partial charge on any atom is 0.418 e. The number of carbonyl (C=O) groups is 2. The average Bonchev–Trinajstić information content (AvgIpc) is 2.46. The molecule has 2 amide bonds. The Morgan fingerprint density at radius 2 is 1.82 bits per heavy atom. The second-order valence-corrected chi connectivity index (χ2v) is 4.09. The van der Waals surface area contributed by atoms with Crippen LogP contribution in [0, 0.1) is 0 Å². The SMILES string of the molecule is O=C(NCCOCCO)C(=O)Nc1ccccc1C(F)(F)F. The lowest BCUT2D eigenvalue weighted by molar-refractivity contribution is -0.138. The first-order chi connectivity index (χ1) is 10.4. The number of anilines is 1. The highest BCUT2D eigenvalue weighted by Crippen LogP contribution is 2.34. The highest BCUT2D eigenvalue weighted by molar-refractivity contribution is 6.39. The van der Waals surface area contributed by atoms with Crippen LogP contribution >= 0.6 is 0 Å². The summed E-state index contributed by atoms with van der Waals surface area (Å²) < 4.78 is 43.0. The number of aliphatic hydroxyl groups excluding tert-OH is 1. The topological polar surface area (TPSA) is 87.7 Å². The van der Waals surface area contributed by atoms with E-state index in [0.717, 1.165) is 12.1 Å². The van der Waals surface area contributed by atoms with Crippen molar-refractivity contribution in [2.75, 3.05) is 31.7 Å². The molecular weight excluding hydrogens is 305 g/mol. The van der Waals surface area contributed by atoms with Crippen LogP contribution in [0.5, 0.6) is 0 Å². The molecular formula is C13H15F3N2O4. The molecule has 122 valence electrons. The third kappa shape index (κ3) is 5.70. The van der Waals surface area contributed by atoms with E-state index in [2.05, 4.69) is 5.32 Å². The predicted octanol–water partition coefficient (Wildman–Crippen LogP) is 0.769. The van der Waals surface area contributed by atoms with Crippen molar-refractivity contribution in [2.24, 2.45) is 0 Å². The van der Waals surface area contributed by atoms with Gasteiger partial charge < -0.3 is 20.5 Å². The van der Waals surface area contributed by atoms with Crippen LogP contribution in [-0.2, 0) is 20.5 Å². The lowest BCUT2D eigenvalue weighted by Gasteiger charge is -2.13. The van der Waals surface area contributed by atoms with Crippen molar-refractivity contribution < 1.29 is 32.6 Å². The maximum atomic E-state index is 12.7. The Balaban J connectivity index is 2.56. The maximum absolute atomic E-state index is 12.7. The van der Waals surface area contributed by atoms with Crippen molar-refractivity contribution in [3.63, 3.8) is 0 Å². The van der Waals surface area contributed by atoms with Gasteiger partial charge in [-0.1, -0.05) is 12.1 Å². The van der Waals surface area contributed by atoms with Crippen LogP contribution in [0.4, 0.5) is 18.9 Å². The molecule has 0 radical (unpaired) electrons. The molecule has 0 aliphatic heterocycles. The smallest absolute Gasteiger partial charge is 0.394 e. The second-order valence-electron chi connectivity index (χ2n) is 4.09. The number of hydrogen-bond acceptors (Lipinski definition) is 4. The van der Waals surface area contributed by atoms with E-state index in [-0.39, 0.29) is 26.4 Å². The standard InChI is InChI=1S/C13H15F3N2O4/c14-13(15,16)9-3-1-2-4-10(9)18-12(21)11(20)17-5-7-22-8-6-19/h1-4,19H,5-8H2,(H,17,20)(H,18,21). The van der Waals surface area contributed by atoms with Crippen molar-refractivity contribution in [3.05, 3.63) is 29.8 Å². The third-order valence-electron chi connectivity index (χ3n) is 2.45. The van der Waals surface area contributed by atoms with E-state index in [1.165, 1.54) is 12.1 Å². The van der Waals surface area contributed by atoms with Gasteiger partial charge in [-0.05, 0) is 12.1 Å². The van der Waals surface area contributed by atoms with Crippen LogP contribution in [0.15, 0.2) is 24.3 Å². The summed E-state index contributed by atoms with van der Waals surface area (Å²) in [5, 5.41) is 12.5. The van der Waals surface area contributed by atoms with Crippen molar-refractivity contribution in [3.8, 4) is 0 Å². The molecule has 0 saturated carbocycles. The first-order valence-corrected chi connectivity index (χ1v) is 6.30. The Bertz CT molecular complexity index is 520. The summed E-state index contributed by atoms with van der Waals surface area (Å²) in [6.07, 6.45) is -4.64. The Kier molecular flexibility index (Phi) is 6.80. The minimum atomic E-state index is -4.64. The number of halogens is 3. The highest BCUT2D eigenvalue weighted by atomic mass is 19.4. The molecule has 0 spiro atoms. The van der Waals surface area contributed by atoms with Gasteiger partial charge in [0.15, 0.2) is 0 Å². The van der Waals surface area contributed by atoms with Crippen molar-refractivity contribution in [2.45, 2.75) is 6.18 Å². The van der Waals surface area contributed by atoms with Crippen LogP contribution in [0.25, 0.3) is 0 Å². The van der Waals surface area contributed by atoms with Gasteiger partial charge in [-0.25, -0.2) is 0 Å². The molecule has 0 aromatic heterocycles. The number of carbonyl (C=O) groups excluding carboxylic acids is 2. The lowest BCUT2D eigenvalue weighted by atomic mass is 10.1. The molecule has 0 aliphatic carbocycles. The second kappa shape index (κ2) is 8.35. The van der Waals surface area contributed by atoms with E-state index < -0.39 is 29.2 Å². The van der Waals surface area contributed by atoms with E-state index in [1.54, 1.807) is 0 Å². The quantitative estimate of drug-likeness (QED) is 0.534. The molecule has 1 rings (SSSR count). The monoisotopic (exact) mass is 320 g/mol. The molecule has 0 aliphatic rings. The predicted molar refractivity (Wildman–Crippen MR) is 71.0 cm³/mol. The summed E-state index contributed by atoms with van der Waals surface area (Å²) in [7, 11) is 0. The lowest BCUT2D eigenvalue weighted by Crippen LogP contribution is -2.37. The molecule has 1 aromatic carbocycles. The number of rotatable bonds is 6. The Morgan fingerprint density at radius 3 is 2.45 bits per heavy atom. The van der Waals surface area contributed by atoms with Gasteiger partial charge in [0.05, 0.1) is 31.1 Å². The molecule has 0 heterocycles. The zero-order valence-corrected chi connectivity index (χ0v) is 11.4. The van der Waals surface area contributed by atoms with Gasteiger partial charge in [0.2, 0.25) is 0 Å². The molecule has 1 aromatic rings. The fourth-order valence-electron chi connectivity index (χ4n) is 1.50. The summed E-state index contributed by atoms with van der Waals surface area (Å²) in [5.41, 5.74) is -1.53. The molecule has 0 unspecified atom stereocenters. The summed E-state index contributed by atoms with van der Waals surface area (Å²) in [4.78, 5) is 23.0. The molecule has 0 bridgehead atoms. The number of amides is 2. The molecule has 0 fully saturated rings. The first-order valence-electron chi connectivity index (χ1n) is 6.30. The zero-order chi connectivity index (χ0) is 16.6. The van der Waals surface area contributed by atoms with Crippen LogP contribution in [0.3, 0.4) is 0 Å². The molecule has 3 N–H and O–H groups in total. The van der Waals surface area contributed by atoms with Crippen molar-refractivity contribution in [1.82, 2.24) is 5.32 Å². The van der Waals surface area contributed by atoms with Gasteiger partial charge in [0.1, 0.15) is 0 Å². The van der Waals surface area contributed by atoms with Crippen LogP contribution < -0.4 is 10.6 Å². The molecule has 9 heteroatoms. The number of hydrogen-bond donors (Lipinski definition) is 3. The number of alkyl halides is 3. The van der Waals surface area contributed by atoms with Gasteiger partial charge in [-0.15, -0.1) is 0 Å². The van der Waals surface area contributed by atoms with Gasteiger partial charge in [-0.3, -0.25) is 9.59 Å². The van der Waals surface area contributed by atoms with E-state index in [4.69, 9.17) is 9.84 Å². The number of para-hydroxylation sites is 1. The summed E-state index contributed by atoms with van der Waals surface area (Å²) >= 11 is 0. The zero-order valence-electron chi connectivity index (χ0n) is 11.4. The van der Waals surface area contributed by atoms with Crippen molar-refractivity contribution >= 4 is 17.5 Å². The van der Waals surface area contributed by atoms with E-state index >= 15 is 0 Å². The van der Waals surface area contributed by atoms with Gasteiger partial charge in [-0.2, -0.15) is 13.2 Å². The molecule has 22 heavy (non-hydrogen) atoms. The van der Waals surface area contributed by atoms with E-state index in [1.807, 2.05) is 5.32 Å². The Labute approximate surface area is 124 Å². The molecule has 6 nitrogen and oxygen atoms in total. The van der Waals surface area contributed by atoms with Gasteiger partial charge in [0, 0.05) is 6.54 Å². The Hall–Kier alpha value is -2.13. The Morgan fingerprint density at radius 1 is 1.14 bits per heavy atom. The average molecular weight is 320 g/mol. The fraction of sp³-hybridized carbons (Fsp3) is 0.385. The minimum absolute atomic E-state index is 0.00677. The van der Waals surface area contributed by atoms with Crippen molar-refractivity contribution in [1.29, 1.82) is 0 Å². The third-order valence-corrected chi connectivity index (χ3v) is 2.45. The number of benzene rings is 1. The summed E-state index contributed by atoms with van der Waals surface area (Å²) in [5.74, 6) is -2.29. The van der Waals surface area contributed by atoms with E-state index in [0.29, 0.717) is 0 Å². The van der Waals surface area contributed by atoms with Crippen LogP contribution in [0.2, 0.25) is 0 Å². The molecule has 0 atom stereocenters. The van der Waals surface area contributed by atoms with Gasteiger partial charge in [0.25, 0.3) is 0 Å². The normalized spacial score (nSPS) is 11.1. The van der Waals surface area contributed by atoms with Crippen LogP contribution in [-0.4, -0.2) is 43.3 Å². The first kappa shape index (κ1) is 17.9. The molecule has 0 saturated heterocycles. The summed E-state index contributed by atoms with van der Waals surface area (Å²) in [6, 6.07) is 4.34. The number of aliphatic hydroxyl groups is 1. The van der Waals surface area contributed by atoms with Gasteiger partial charge >= 0.3 is 18.0 Å².